The van der Waals surface area contributed by atoms with E-state index in [1.54, 1.807) is 6.92 Å². The van der Waals surface area contributed by atoms with Gasteiger partial charge in [0.25, 0.3) is 0 Å². The molecule has 1 aliphatic heterocycles. The fourth-order valence-electron chi connectivity index (χ4n) is 2.28. The molecule has 1 aromatic heterocycles. The minimum absolute atomic E-state index is 0.308. The number of aromatic hydroxyl groups is 1. The van der Waals surface area contributed by atoms with Crippen molar-refractivity contribution in [2.24, 2.45) is 0 Å². The topological polar surface area (TPSA) is 112 Å². The molecule has 1 aliphatic rings. The maximum atomic E-state index is 11.4. The molecule has 0 aromatic carbocycles. The Morgan fingerprint density at radius 3 is 2.58 bits per heavy atom. The van der Waals surface area contributed by atoms with Crippen LogP contribution in [0.25, 0.3) is 0 Å². The van der Waals surface area contributed by atoms with Crippen LogP contribution in [0.3, 0.4) is 0 Å². The minimum Gasteiger partial charge on any atom is -0.503 e. The smallest absolute Gasteiger partial charge is 0.223 e. The van der Waals surface area contributed by atoms with Crippen molar-refractivity contribution in [1.29, 1.82) is 0 Å². The van der Waals surface area contributed by atoms with Crippen molar-refractivity contribution < 1.29 is 25.2 Å². The molecule has 7 nitrogen and oxygen atoms in total. The lowest BCUT2D eigenvalue weighted by atomic mass is 10.1. The molecule has 106 valence electrons. The molecule has 4 atom stereocenters. The first kappa shape index (κ1) is 14.0. The minimum atomic E-state index is -1.25. The summed E-state index contributed by atoms with van der Waals surface area (Å²) in [6.45, 7) is 1.31. The molecule has 1 saturated heterocycles. The van der Waals surface area contributed by atoms with E-state index >= 15 is 0 Å². The second-order valence-electron chi connectivity index (χ2n) is 4.46. The van der Waals surface area contributed by atoms with Gasteiger partial charge in [0.15, 0.2) is 12.0 Å². The molecule has 4 N–H and O–H groups in total. The zero-order chi connectivity index (χ0) is 14.2. The number of rotatable bonds is 3. The molecule has 0 bridgehead atoms. The van der Waals surface area contributed by atoms with Gasteiger partial charge in [0, 0.05) is 12.3 Å². The standard InChI is InChI=1S/C12H17NO6/c1-2-6-9(16)7(15)3-4-13(6)12-11(18)10(17)8(5-14)19-12/h3-4,8,10-12,14,16-18H,2,5H2,1H3. The van der Waals surface area contributed by atoms with Crippen LogP contribution in [-0.4, -0.2) is 49.9 Å². The molecule has 2 heterocycles. The van der Waals surface area contributed by atoms with E-state index in [1.807, 2.05) is 0 Å². The van der Waals surface area contributed by atoms with Gasteiger partial charge in [-0.1, -0.05) is 6.92 Å². The first-order valence-corrected chi connectivity index (χ1v) is 6.06. The molecule has 1 aromatic rings. The fraction of sp³-hybridized carbons (Fsp3) is 0.583. The maximum Gasteiger partial charge on any atom is 0.223 e. The van der Waals surface area contributed by atoms with E-state index in [0.29, 0.717) is 12.1 Å². The summed E-state index contributed by atoms with van der Waals surface area (Å²) in [5, 5.41) is 38.4. The van der Waals surface area contributed by atoms with Crippen LogP contribution in [0.4, 0.5) is 0 Å². The quantitative estimate of drug-likeness (QED) is 0.545. The summed E-state index contributed by atoms with van der Waals surface area (Å²) < 4.78 is 6.76. The second-order valence-corrected chi connectivity index (χ2v) is 4.46. The van der Waals surface area contributed by atoms with E-state index in [0.717, 1.165) is 6.07 Å². The molecule has 2 rings (SSSR count). The predicted molar refractivity (Wildman–Crippen MR) is 64.8 cm³/mol. The summed E-state index contributed by atoms with van der Waals surface area (Å²) in [5.41, 5.74) is -0.206. The zero-order valence-corrected chi connectivity index (χ0v) is 10.4. The Balaban J connectivity index is 2.43. The van der Waals surface area contributed by atoms with Crippen LogP contribution in [0.2, 0.25) is 0 Å². The Morgan fingerprint density at radius 1 is 1.37 bits per heavy atom. The van der Waals surface area contributed by atoms with Gasteiger partial charge in [0.05, 0.1) is 12.3 Å². The number of hydrogen-bond donors (Lipinski definition) is 4. The lowest BCUT2D eigenvalue weighted by Crippen LogP contribution is -2.33. The highest BCUT2D eigenvalue weighted by Gasteiger charge is 2.43. The molecule has 0 amide bonds. The molecular weight excluding hydrogens is 254 g/mol. The molecule has 0 spiro atoms. The highest BCUT2D eigenvalue weighted by atomic mass is 16.6. The SMILES string of the molecule is CCc1c(O)c(=O)ccn1C1OC(CO)C(O)C1O. The van der Waals surface area contributed by atoms with Gasteiger partial charge in [-0.2, -0.15) is 0 Å². The van der Waals surface area contributed by atoms with Crippen molar-refractivity contribution in [3.63, 3.8) is 0 Å². The Bertz CT molecular complexity index is 513. The third kappa shape index (κ3) is 2.25. The van der Waals surface area contributed by atoms with Crippen LogP contribution in [0.5, 0.6) is 5.75 Å². The lowest BCUT2D eigenvalue weighted by molar-refractivity contribution is -0.0543. The van der Waals surface area contributed by atoms with Crippen molar-refractivity contribution >= 4 is 0 Å². The zero-order valence-electron chi connectivity index (χ0n) is 10.4. The number of aromatic nitrogens is 1. The van der Waals surface area contributed by atoms with Crippen molar-refractivity contribution in [2.45, 2.75) is 37.9 Å². The van der Waals surface area contributed by atoms with Crippen LogP contribution < -0.4 is 5.43 Å². The molecule has 4 unspecified atom stereocenters. The van der Waals surface area contributed by atoms with Gasteiger partial charge in [0.2, 0.25) is 5.43 Å². The third-order valence-corrected chi connectivity index (χ3v) is 3.33. The number of aliphatic hydroxyl groups is 3. The average molecular weight is 271 g/mol. The Labute approximate surface area is 109 Å². The summed E-state index contributed by atoms with van der Waals surface area (Å²) in [6, 6.07) is 1.16. The molecule has 1 fully saturated rings. The average Bonchev–Trinajstić information content (AvgIpc) is 2.69. The fourth-order valence-corrected chi connectivity index (χ4v) is 2.28. The highest BCUT2D eigenvalue weighted by molar-refractivity contribution is 5.27. The Hall–Kier alpha value is -1.41. The van der Waals surface area contributed by atoms with E-state index in [1.165, 1.54) is 10.8 Å². The number of hydrogen-bond acceptors (Lipinski definition) is 6. The van der Waals surface area contributed by atoms with Crippen LogP contribution in [0.1, 0.15) is 18.8 Å². The molecule has 0 saturated carbocycles. The summed E-state index contributed by atoms with van der Waals surface area (Å²) in [5.74, 6) is -0.400. The first-order chi connectivity index (χ1) is 9.01. The van der Waals surface area contributed by atoms with E-state index in [9.17, 15) is 20.1 Å². The van der Waals surface area contributed by atoms with Crippen LogP contribution in [-0.2, 0) is 11.2 Å². The monoisotopic (exact) mass is 271 g/mol. The Morgan fingerprint density at radius 2 is 2.05 bits per heavy atom. The molecule has 19 heavy (non-hydrogen) atoms. The number of aliphatic hydroxyl groups excluding tert-OH is 3. The van der Waals surface area contributed by atoms with E-state index in [2.05, 4.69) is 0 Å². The van der Waals surface area contributed by atoms with Crippen molar-refractivity contribution in [1.82, 2.24) is 4.57 Å². The number of pyridine rings is 1. The lowest BCUT2D eigenvalue weighted by Gasteiger charge is -2.22. The molecule has 0 radical (unpaired) electrons. The van der Waals surface area contributed by atoms with Gasteiger partial charge in [0.1, 0.15) is 18.3 Å². The van der Waals surface area contributed by atoms with Crippen molar-refractivity contribution in [3.05, 3.63) is 28.2 Å². The van der Waals surface area contributed by atoms with Crippen LogP contribution >= 0.6 is 0 Å². The largest absolute Gasteiger partial charge is 0.503 e. The van der Waals surface area contributed by atoms with Gasteiger partial charge in [-0.3, -0.25) is 4.79 Å². The number of ether oxygens (including phenoxy) is 1. The van der Waals surface area contributed by atoms with Gasteiger partial charge >= 0.3 is 0 Å². The van der Waals surface area contributed by atoms with E-state index in [-0.39, 0.29) is 0 Å². The number of nitrogens with zero attached hydrogens (tertiary/aromatic N) is 1. The van der Waals surface area contributed by atoms with Gasteiger partial charge in [-0.05, 0) is 6.42 Å². The first-order valence-electron chi connectivity index (χ1n) is 6.06. The van der Waals surface area contributed by atoms with Gasteiger partial charge in [-0.15, -0.1) is 0 Å². The van der Waals surface area contributed by atoms with E-state index < -0.39 is 42.3 Å². The van der Waals surface area contributed by atoms with Crippen LogP contribution in [0, 0.1) is 0 Å². The normalized spacial score (nSPS) is 30.7. The van der Waals surface area contributed by atoms with Crippen LogP contribution in [0.15, 0.2) is 17.1 Å². The maximum absolute atomic E-state index is 11.4. The molecular formula is C12H17NO6. The van der Waals surface area contributed by atoms with Gasteiger partial charge < -0.3 is 29.7 Å². The van der Waals surface area contributed by atoms with Crippen molar-refractivity contribution in [2.75, 3.05) is 6.61 Å². The predicted octanol–water partition coefficient (Wildman–Crippen LogP) is -1.27. The third-order valence-electron chi connectivity index (χ3n) is 3.33. The summed E-state index contributed by atoms with van der Waals surface area (Å²) in [6.07, 6.45) is -2.57. The molecule has 0 aliphatic carbocycles. The highest BCUT2D eigenvalue weighted by Crippen LogP contribution is 2.31. The van der Waals surface area contributed by atoms with E-state index in [4.69, 9.17) is 9.84 Å². The Kier molecular flexibility index (Phi) is 3.91. The molecule has 7 heteroatoms. The van der Waals surface area contributed by atoms with Crippen molar-refractivity contribution in [3.8, 4) is 5.75 Å². The summed E-state index contributed by atoms with van der Waals surface area (Å²) >= 11 is 0. The second kappa shape index (κ2) is 5.30. The van der Waals surface area contributed by atoms with Gasteiger partial charge in [-0.25, -0.2) is 0 Å². The summed E-state index contributed by atoms with van der Waals surface area (Å²) in [7, 11) is 0. The summed E-state index contributed by atoms with van der Waals surface area (Å²) in [4.78, 5) is 11.4.